The minimum atomic E-state index is 0.507. The van der Waals surface area contributed by atoms with Crippen LogP contribution in [0.1, 0.15) is 23.6 Å². The molecule has 0 saturated carbocycles. The molecule has 0 radical (unpaired) electrons. The number of aromatic nitrogens is 3. The Labute approximate surface area is 183 Å². The molecule has 1 aliphatic rings. The van der Waals surface area contributed by atoms with Crippen molar-refractivity contribution in [1.82, 2.24) is 29.9 Å². The summed E-state index contributed by atoms with van der Waals surface area (Å²) in [5.41, 5.74) is 1.25. The number of aryl methyl sites for hydroxylation is 1. The van der Waals surface area contributed by atoms with Gasteiger partial charge in [0.15, 0.2) is 11.8 Å². The zero-order valence-electron chi connectivity index (χ0n) is 18.1. The fourth-order valence-corrected chi connectivity index (χ4v) is 3.64. The Morgan fingerprint density at radius 3 is 2.70 bits per heavy atom. The molecule has 1 N–H and O–H groups in total. The van der Waals surface area contributed by atoms with E-state index in [1.54, 1.807) is 7.11 Å². The molecule has 0 unspecified atom stereocenters. The number of rotatable bonds is 8. The van der Waals surface area contributed by atoms with Crippen LogP contribution in [0.25, 0.3) is 0 Å². The van der Waals surface area contributed by atoms with E-state index in [1.165, 1.54) is 5.56 Å². The Morgan fingerprint density at radius 2 is 2.03 bits per heavy atom. The number of methoxy groups -OCH3 is 1. The van der Waals surface area contributed by atoms with Gasteiger partial charge in [0, 0.05) is 65.1 Å². The molecule has 0 atom stereocenters. The third-order valence-electron chi connectivity index (χ3n) is 5.33. The smallest absolute Gasteiger partial charge is 0.194 e. The minimum absolute atomic E-state index is 0.507. The molecule has 0 amide bonds. The van der Waals surface area contributed by atoms with E-state index in [4.69, 9.17) is 21.3 Å². The number of halogens is 1. The minimum Gasteiger partial charge on any atom is -0.385 e. The van der Waals surface area contributed by atoms with Crippen molar-refractivity contribution >= 4 is 17.6 Å². The Kier molecular flexibility index (Phi) is 8.48. The maximum atomic E-state index is 6.13. The van der Waals surface area contributed by atoms with Crippen LogP contribution >= 0.6 is 11.6 Å². The summed E-state index contributed by atoms with van der Waals surface area (Å²) in [6.07, 6.45) is 0.938. The number of ether oxygens (including phenoxy) is 1. The summed E-state index contributed by atoms with van der Waals surface area (Å²) in [5, 5.41) is 12.6. The molecule has 0 aliphatic carbocycles. The van der Waals surface area contributed by atoms with Gasteiger partial charge in [0.05, 0.1) is 0 Å². The second kappa shape index (κ2) is 11.3. The van der Waals surface area contributed by atoms with E-state index in [0.29, 0.717) is 6.54 Å². The summed E-state index contributed by atoms with van der Waals surface area (Å²) < 4.78 is 7.15. The van der Waals surface area contributed by atoms with Crippen LogP contribution < -0.4 is 5.32 Å². The van der Waals surface area contributed by atoms with Gasteiger partial charge in [0.25, 0.3) is 0 Å². The normalized spacial score (nSPS) is 15.6. The fraction of sp³-hybridized carbons (Fsp3) is 0.571. The van der Waals surface area contributed by atoms with Crippen molar-refractivity contribution in [3.8, 4) is 0 Å². The summed E-state index contributed by atoms with van der Waals surface area (Å²) in [5.74, 6) is 2.68. The van der Waals surface area contributed by atoms with Crippen LogP contribution in [0.4, 0.5) is 0 Å². The third-order valence-corrected chi connectivity index (χ3v) is 5.56. The first-order valence-corrected chi connectivity index (χ1v) is 10.8. The van der Waals surface area contributed by atoms with Crippen molar-refractivity contribution in [2.75, 3.05) is 46.4 Å². The second-order valence-electron chi connectivity index (χ2n) is 7.53. The number of piperazine rings is 1. The molecule has 2 aromatic rings. The SMILES string of the molecule is COCCCNC(=NCc1nnc(C)n1C)N1CCN(Cc2cccc(Cl)c2)CC1. The third kappa shape index (κ3) is 6.42. The Hall–Kier alpha value is -2.16. The molecule has 0 spiro atoms. The van der Waals surface area contributed by atoms with Crippen molar-refractivity contribution in [3.05, 3.63) is 46.5 Å². The molecule has 3 rings (SSSR count). The Morgan fingerprint density at radius 1 is 1.23 bits per heavy atom. The average Bonchev–Trinajstić information content (AvgIpc) is 3.06. The van der Waals surface area contributed by atoms with Gasteiger partial charge >= 0.3 is 0 Å². The van der Waals surface area contributed by atoms with Crippen LogP contribution in [-0.4, -0.2) is 77.0 Å². The zero-order valence-corrected chi connectivity index (χ0v) is 18.9. The molecule has 30 heavy (non-hydrogen) atoms. The van der Waals surface area contributed by atoms with E-state index in [0.717, 1.165) is 74.9 Å². The molecule has 9 heteroatoms. The molecule has 164 valence electrons. The molecule has 1 aliphatic heterocycles. The van der Waals surface area contributed by atoms with Gasteiger partial charge in [-0.3, -0.25) is 4.90 Å². The first kappa shape index (κ1) is 22.5. The number of aliphatic imine (C=N–C) groups is 1. The van der Waals surface area contributed by atoms with Crippen LogP contribution in [-0.2, 0) is 24.9 Å². The molecule has 0 bridgehead atoms. The molecule has 2 heterocycles. The lowest BCUT2D eigenvalue weighted by Gasteiger charge is -2.36. The van der Waals surface area contributed by atoms with Crippen LogP contribution in [0.3, 0.4) is 0 Å². The molecule has 1 aromatic heterocycles. The zero-order chi connectivity index (χ0) is 21.3. The lowest BCUT2D eigenvalue weighted by atomic mass is 10.2. The van der Waals surface area contributed by atoms with E-state index in [1.807, 2.05) is 36.7 Å². The summed E-state index contributed by atoms with van der Waals surface area (Å²) in [7, 11) is 3.70. The first-order valence-electron chi connectivity index (χ1n) is 10.4. The highest BCUT2D eigenvalue weighted by molar-refractivity contribution is 6.30. The van der Waals surface area contributed by atoms with Crippen molar-refractivity contribution in [3.63, 3.8) is 0 Å². The number of benzene rings is 1. The van der Waals surface area contributed by atoms with E-state index in [2.05, 4.69) is 31.4 Å². The van der Waals surface area contributed by atoms with Gasteiger partial charge < -0.3 is 19.5 Å². The number of hydrogen-bond acceptors (Lipinski definition) is 5. The Bertz CT molecular complexity index is 831. The standard InChI is InChI=1S/C21H32ClN7O/c1-17-25-26-20(27(17)2)15-24-21(23-8-5-13-30-3)29-11-9-28(10-12-29)16-18-6-4-7-19(22)14-18/h4,6-7,14H,5,8-13,15-16H2,1-3H3,(H,23,24). The average molecular weight is 434 g/mol. The van der Waals surface area contributed by atoms with Gasteiger partial charge in [0.1, 0.15) is 12.4 Å². The number of guanidine groups is 1. The second-order valence-corrected chi connectivity index (χ2v) is 7.96. The van der Waals surface area contributed by atoms with Gasteiger partial charge in [-0.15, -0.1) is 10.2 Å². The lowest BCUT2D eigenvalue weighted by Crippen LogP contribution is -2.52. The summed E-state index contributed by atoms with van der Waals surface area (Å²) in [4.78, 5) is 9.62. The van der Waals surface area contributed by atoms with Crippen LogP contribution in [0, 0.1) is 6.92 Å². The van der Waals surface area contributed by atoms with Crippen molar-refractivity contribution < 1.29 is 4.74 Å². The first-order chi connectivity index (χ1) is 14.6. The van der Waals surface area contributed by atoms with E-state index < -0.39 is 0 Å². The molecule has 1 saturated heterocycles. The van der Waals surface area contributed by atoms with Crippen LogP contribution in [0.15, 0.2) is 29.3 Å². The van der Waals surface area contributed by atoms with Gasteiger partial charge in [-0.2, -0.15) is 0 Å². The topological polar surface area (TPSA) is 70.8 Å². The Balaban J connectivity index is 1.59. The van der Waals surface area contributed by atoms with Crippen LogP contribution in [0.5, 0.6) is 0 Å². The molecular weight excluding hydrogens is 402 g/mol. The van der Waals surface area contributed by atoms with Gasteiger partial charge in [-0.25, -0.2) is 4.99 Å². The van der Waals surface area contributed by atoms with E-state index in [9.17, 15) is 0 Å². The van der Waals surface area contributed by atoms with E-state index in [-0.39, 0.29) is 0 Å². The highest BCUT2D eigenvalue weighted by Crippen LogP contribution is 2.14. The highest BCUT2D eigenvalue weighted by Gasteiger charge is 2.20. The van der Waals surface area contributed by atoms with Gasteiger partial charge in [-0.1, -0.05) is 23.7 Å². The lowest BCUT2D eigenvalue weighted by molar-refractivity contribution is 0.171. The number of nitrogens with one attached hydrogen (secondary N) is 1. The predicted octanol–water partition coefficient (Wildman–Crippen LogP) is 2.08. The summed E-state index contributed by atoms with van der Waals surface area (Å²) in [6.45, 7) is 8.74. The summed E-state index contributed by atoms with van der Waals surface area (Å²) >= 11 is 6.13. The van der Waals surface area contributed by atoms with Gasteiger partial charge in [0.2, 0.25) is 0 Å². The quantitative estimate of drug-likeness (QED) is 0.390. The molecule has 1 aromatic carbocycles. The van der Waals surface area contributed by atoms with Crippen molar-refractivity contribution in [1.29, 1.82) is 0 Å². The van der Waals surface area contributed by atoms with Crippen molar-refractivity contribution in [2.45, 2.75) is 26.4 Å². The van der Waals surface area contributed by atoms with E-state index >= 15 is 0 Å². The largest absolute Gasteiger partial charge is 0.385 e. The predicted molar refractivity (Wildman–Crippen MR) is 120 cm³/mol. The van der Waals surface area contributed by atoms with Crippen LogP contribution in [0.2, 0.25) is 5.02 Å². The monoisotopic (exact) mass is 433 g/mol. The highest BCUT2D eigenvalue weighted by atomic mass is 35.5. The molecule has 8 nitrogen and oxygen atoms in total. The molecular formula is C21H32ClN7O. The molecule has 1 fully saturated rings. The number of nitrogens with zero attached hydrogens (tertiary/aromatic N) is 6. The fourth-order valence-electron chi connectivity index (χ4n) is 3.43. The van der Waals surface area contributed by atoms with Crippen molar-refractivity contribution in [2.24, 2.45) is 12.0 Å². The van der Waals surface area contributed by atoms with Gasteiger partial charge in [-0.05, 0) is 31.0 Å². The number of hydrogen-bond donors (Lipinski definition) is 1. The maximum Gasteiger partial charge on any atom is 0.194 e. The maximum absolute atomic E-state index is 6.13. The summed E-state index contributed by atoms with van der Waals surface area (Å²) in [6, 6.07) is 8.10.